The highest BCUT2D eigenvalue weighted by molar-refractivity contribution is 6.03. The first kappa shape index (κ1) is 20.4. The predicted molar refractivity (Wildman–Crippen MR) is 109 cm³/mol. The Bertz CT molecular complexity index is 1200. The number of aromatic nitrogens is 4. The molecule has 2 fully saturated rings. The minimum absolute atomic E-state index is 0.0182. The second kappa shape index (κ2) is 7.55. The topological polar surface area (TPSA) is 116 Å². The normalized spacial score (nSPS) is 23.8. The first-order chi connectivity index (χ1) is 15.4. The van der Waals surface area contributed by atoms with Gasteiger partial charge in [-0.3, -0.25) is 9.48 Å². The molecular weight excluding hydrogens is 423 g/mol. The molecule has 0 bridgehead atoms. The van der Waals surface area contributed by atoms with Gasteiger partial charge in [0.05, 0.1) is 23.3 Å². The van der Waals surface area contributed by atoms with Gasteiger partial charge in [0, 0.05) is 25.7 Å². The summed E-state index contributed by atoms with van der Waals surface area (Å²) in [5.41, 5.74) is 0.110. The molecule has 4 heterocycles. The molecule has 2 saturated heterocycles. The molecule has 11 nitrogen and oxygen atoms in total. The standard InChI is InChI=1S/C20H21FN6O5/c1-10-5-26(6-11(2)31-10)16-12(7-28)4-13-17(15(16)21)32-24-18(13)27-14(8-30-20(27)29)19-22-9-23-25(19)3/h4,7,9-11,14H,5-6,8H2,1-3H3/t10-,11-,14+/m1/s1. The number of carbonyl (C=O) groups excluding carboxylic acids is 2. The number of amides is 1. The van der Waals surface area contributed by atoms with Crippen LogP contribution in [0, 0.1) is 5.82 Å². The van der Waals surface area contributed by atoms with Crippen molar-refractivity contribution in [3.8, 4) is 0 Å². The second-order valence-corrected chi connectivity index (χ2v) is 8.00. The third-order valence-corrected chi connectivity index (χ3v) is 5.70. The Morgan fingerprint density at radius 2 is 2.00 bits per heavy atom. The van der Waals surface area contributed by atoms with Gasteiger partial charge in [0.25, 0.3) is 0 Å². The van der Waals surface area contributed by atoms with Gasteiger partial charge in [-0.1, -0.05) is 5.16 Å². The quantitative estimate of drug-likeness (QED) is 0.559. The number of benzene rings is 1. The summed E-state index contributed by atoms with van der Waals surface area (Å²) in [5.74, 6) is -0.198. The Hall–Kier alpha value is -3.54. The summed E-state index contributed by atoms with van der Waals surface area (Å²) in [4.78, 5) is 31.7. The van der Waals surface area contributed by atoms with Crippen LogP contribution in [0.15, 0.2) is 16.9 Å². The van der Waals surface area contributed by atoms with Crippen LogP contribution in [0.4, 0.5) is 20.7 Å². The molecule has 0 N–H and O–H groups in total. The minimum atomic E-state index is -0.715. The SMILES string of the molecule is C[C@@H]1CN(c2c(C=O)cc3c(N4C(=O)OC[C@H]4c4ncnn4C)noc3c2F)C[C@@H](C)O1. The lowest BCUT2D eigenvalue weighted by atomic mass is 10.1. The summed E-state index contributed by atoms with van der Waals surface area (Å²) in [5, 5.41) is 8.18. The van der Waals surface area contributed by atoms with Crippen molar-refractivity contribution in [1.82, 2.24) is 19.9 Å². The zero-order valence-corrected chi connectivity index (χ0v) is 17.7. The molecule has 3 aromatic rings. The van der Waals surface area contributed by atoms with Crippen molar-refractivity contribution < 1.29 is 28.0 Å². The Balaban J connectivity index is 1.62. The fourth-order valence-electron chi connectivity index (χ4n) is 4.43. The van der Waals surface area contributed by atoms with Crippen LogP contribution in [-0.2, 0) is 16.5 Å². The number of anilines is 2. The maximum absolute atomic E-state index is 15.7. The number of aldehydes is 1. The van der Waals surface area contributed by atoms with E-state index in [9.17, 15) is 9.59 Å². The number of aryl methyl sites for hydroxylation is 1. The molecule has 1 amide bonds. The van der Waals surface area contributed by atoms with Crippen LogP contribution >= 0.6 is 0 Å². The summed E-state index contributed by atoms with van der Waals surface area (Å²) in [7, 11) is 1.69. The highest BCUT2D eigenvalue weighted by Crippen LogP contribution is 2.40. The number of rotatable bonds is 4. The molecule has 0 unspecified atom stereocenters. The van der Waals surface area contributed by atoms with E-state index in [1.165, 1.54) is 22.0 Å². The van der Waals surface area contributed by atoms with Crippen LogP contribution in [-0.4, -0.2) is 64.2 Å². The zero-order valence-electron chi connectivity index (χ0n) is 17.7. The fraction of sp³-hybridized carbons (Fsp3) is 0.450. The number of ether oxygens (including phenoxy) is 2. The average molecular weight is 444 g/mol. The molecule has 32 heavy (non-hydrogen) atoms. The molecule has 12 heteroatoms. The van der Waals surface area contributed by atoms with E-state index in [2.05, 4.69) is 15.2 Å². The number of nitrogens with zero attached hydrogens (tertiary/aromatic N) is 6. The van der Waals surface area contributed by atoms with Gasteiger partial charge in [0.15, 0.2) is 23.7 Å². The Labute approximate surface area is 181 Å². The van der Waals surface area contributed by atoms with Gasteiger partial charge in [-0.2, -0.15) is 5.10 Å². The fourth-order valence-corrected chi connectivity index (χ4v) is 4.43. The van der Waals surface area contributed by atoms with E-state index < -0.39 is 18.0 Å². The van der Waals surface area contributed by atoms with E-state index in [-0.39, 0.29) is 46.9 Å². The number of fused-ring (bicyclic) bond motifs is 1. The van der Waals surface area contributed by atoms with E-state index in [0.717, 1.165) is 0 Å². The summed E-state index contributed by atoms with van der Waals surface area (Å²) >= 11 is 0. The first-order valence-corrected chi connectivity index (χ1v) is 10.2. The monoisotopic (exact) mass is 444 g/mol. The molecule has 2 aliphatic rings. The number of morpholine rings is 1. The number of carbonyl (C=O) groups is 2. The van der Waals surface area contributed by atoms with Crippen LogP contribution in [0.1, 0.15) is 36.1 Å². The maximum Gasteiger partial charge on any atom is 0.416 e. The van der Waals surface area contributed by atoms with E-state index in [0.29, 0.717) is 25.2 Å². The zero-order chi connectivity index (χ0) is 22.6. The molecule has 0 spiro atoms. The predicted octanol–water partition coefficient (Wildman–Crippen LogP) is 2.22. The van der Waals surface area contributed by atoms with Crippen LogP contribution in [0.3, 0.4) is 0 Å². The van der Waals surface area contributed by atoms with Gasteiger partial charge in [-0.15, -0.1) is 0 Å². The van der Waals surface area contributed by atoms with Gasteiger partial charge < -0.3 is 18.9 Å². The molecule has 0 aliphatic carbocycles. The minimum Gasteiger partial charge on any atom is -0.446 e. The molecule has 0 radical (unpaired) electrons. The molecule has 3 atom stereocenters. The Morgan fingerprint density at radius 3 is 2.66 bits per heavy atom. The summed E-state index contributed by atoms with van der Waals surface area (Å²) in [6.07, 6.45) is 0.997. The molecule has 0 saturated carbocycles. The number of hydrogen-bond donors (Lipinski definition) is 0. The number of hydrogen-bond acceptors (Lipinski definition) is 9. The van der Waals surface area contributed by atoms with Crippen molar-refractivity contribution in [2.45, 2.75) is 32.1 Å². The lowest BCUT2D eigenvalue weighted by Gasteiger charge is -2.37. The Morgan fingerprint density at radius 1 is 1.25 bits per heavy atom. The largest absolute Gasteiger partial charge is 0.446 e. The van der Waals surface area contributed by atoms with Crippen LogP contribution in [0.5, 0.6) is 0 Å². The molecule has 168 valence electrons. The third-order valence-electron chi connectivity index (χ3n) is 5.70. The highest BCUT2D eigenvalue weighted by Gasteiger charge is 2.41. The van der Waals surface area contributed by atoms with Crippen molar-refractivity contribution in [2.75, 3.05) is 29.5 Å². The highest BCUT2D eigenvalue weighted by atomic mass is 19.1. The smallest absolute Gasteiger partial charge is 0.416 e. The molecule has 5 rings (SSSR count). The average Bonchev–Trinajstić information content (AvgIpc) is 3.45. The van der Waals surface area contributed by atoms with E-state index in [1.54, 1.807) is 11.9 Å². The van der Waals surface area contributed by atoms with Crippen LogP contribution in [0.2, 0.25) is 0 Å². The van der Waals surface area contributed by atoms with E-state index in [1.807, 2.05) is 13.8 Å². The van der Waals surface area contributed by atoms with Gasteiger partial charge in [-0.25, -0.2) is 19.1 Å². The number of halogens is 1. The van der Waals surface area contributed by atoms with Crippen molar-refractivity contribution in [2.24, 2.45) is 7.05 Å². The van der Waals surface area contributed by atoms with E-state index >= 15 is 4.39 Å². The van der Waals surface area contributed by atoms with Gasteiger partial charge in [-0.05, 0) is 19.9 Å². The molecule has 2 aliphatic heterocycles. The first-order valence-electron chi connectivity index (χ1n) is 10.2. The molecule has 2 aromatic heterocycles. The van der Waals surface area contributed by atoms with Crippen molar-refractivity contribution in [1.29, 1.82) is 0 Å². The van der Waals surface area contributed by atoms with Gasteiger partial charge in [0.1, 0.15) is 19.0 Å². The summed E-state index contributed by atoms with van der Waals surface area (Å²) < 4.78 is 33.4. The van der Waals surface area contributed by atoms with E-state index in [4.69, 9.17) is 14.0 Å². The van der Waals surface area contributed by atoms with Gasteiger partial charge >= 0.3 is 6.09 Å². The lowest BCUT2D eigenvalue weighted by molar-refractivity contribution is -0.00543. The maximum atomic E-state index is 15.7. The molecule has 1 aromatic carbocycles. The van der Waals surface area contributed by atoms with Crippen LogP contribution < -0.4 is 9.80 Å². The third kappa shape index (κ3) is 3.09. The summed E-state index contributed by atoms with van der Waals surface area (Å²) in [6.45, 7) is 4.63. The summed E-state index contributed by atoms with van der Waals surface area (Å²) in [6, 6.07) is 0.850. The van der Waals surface area contributed by atoms with Crippen molar-refractivity contribution >= 4 is 34.9 Å². The van der Waals surface area contributed by atoms with Crippen LogP contribution in [0.25, 0.3) is 11.0 Å². The van der Waals surface area contributed by atoms with Crippen molar-refractivity contribution in [3.05, 3.63) is 29.6 Å². The Kier molecular flexibility index (Phi) is 4.81. The van der Waals surface area contributed by atoms with Gasteiger partial charge in [0.2, 0.25) is 5.58 Å². The lowest BCUT2D eigenvalue weighted by Crippen LogP contribution is -2.46. The van der Waals surface area contributed by atoms with Crippen molar-refractivity contribution in [3.63, 3.8) is 0 Å². The number of cyclic esters (lactones) is 1. The molecular formula is C20H21FN6O5. The second-order valence-electron chi connectivity index (χ2n) is 8.00.